The number of aromatic nitrogens is 2. The first kappa shape index (κ1) is 17.3. The number of nitrogens with one attached hydrogen (secondary N) is 1. The Labute approximate surface area is 147 Å². The van der Waals surface area contributed by atoms with Gasteiger partial charge in [-0.1, -0.05) is 6.07 Å². The predicted molar refractivity (Wildman–Crippen MR) is 94.9 cm³/mol. The monoisotopic (exact) mass is 344 g/mol. The first-order valence-corrected chi connectivity index (χ1v) is 8.35. The number of methoxy groups -OCH3 is 2. The lowest BCUT2D eigenvalue weighted by atomic mass is 10.0. The molecule has 1 amide bonds. The molecule has 1 fully saturated rings. The molecule has 0 saturated carbocycles. The van der Waals surface area contributed by atoms with Crippen LogP contribution < -0.4 is 14.8 Å². The minimum atomic E-state index is -0.0348. The Kier molecular flexibility index (Phi) is 5.23. The number of nitrogens with zero attached hydrogens (tertiary/aromatic N) is 3. The van der Waals surface area contributed by atoms with E-state index in [-0.39, 0.29) is 11.9 Å². The molecule has 1 aromatic carbocycles. The molecule has 7 heteroatoms. The van der Waals surface area contributed by atoms with Crippen LogP contribution in [0.3, 0.4) is 0 Å². The molecule has 7 nitrogen and oxygen atoms in total. The maximum absolute atomic E-state index is 12.4. The van der Waals surface area contributed by atoms with Gasteiger partial charge in [-0.3, -0.25) is 14.4 Å². The summed E-state index contributed by atoms with van der Waals surface area (Å²) >= 11 is 0. The van der Waals surface area contributed by atoms with Crippen molar-refractivity contribution in [2.24, 2.45) is 7.05 Å². The Morgan fingerprint density at radius 2 is 2.20 bits per heavy atom. The van der Waals surface area contributed by atoms with Gasteiger partial charge in [-0.25, -0.2) is 0 Å². The number of amides is 1. The fraction of sp³-hybridized carbons (Fsp3) is 0.444. The summed E-state index contributed by atoms with van der Waals surface area (Å²) in [5.74, 6) is 1.52. The van der Waals surface area contributed by atoms with Crippen LogP contribution in [0.15, 0.2) is 30.6 Å². The van der Waals surface area contributed by atoms with Gasteiger partial charge >= 0.3 is 0 Å². The van der Waals surface area contributed by atoms with Crippen molar-refractivity contribution in [3.63, 3.8) is 0 Å². The van der Waals surface area contributed by atoms with Gasteiger partial charge in [0.1, 0.15) is 11.5 Å². The zero-order valence-corrected chi connectivity index (χ0v) is 14.9. The standard InChI is InChI=1S/C18H24N4O3/c1-21-11-13(10-19-21)20-18(23)12-22-8-4-5-16(22)15-7-6-14(24-2)9-17(15)25-3/h6-7,9-11,16H,4-5,8,12H2,1-3H3,(H,20,23). The molecule has 25 heavy (non-hydrogen) atoms. The maximum Gasteiger partial charge on any atom is 0.238 e. The summed E-state index contributed by atoms with van der Waals surface area (Å²) in [6.45, 7) is 1.23. The Morgan fingerprint density at radius 1 is 1.36 bits per heavy atom. The molecular weight excluding hydrogens is 320 g/mol. The third kappa shape index (κ3) is 3.93. The molecular formula is C18H24N4O3. The highest BCUT2D eigenvalue weighted by Gasteiger charge is 2.29. The minimum absolute atomic E-state index is 0.0348. The minimum Gasteiger partial charge on any atom is -0.497 e. The van der Waals surface area contributed by atoms with Crippen LogP contribution in [0.2, 0.25) is 0 Å². The van der Waals surface area contributed by atoms with Gasteiger partial charge in [0.25, 0.3) is 0 Å². The van der Waals surface area contributed by atoms with E-state index < -0.39 is 0 Å². The van der Waals surface area contributed by atoms with E-state index in [0.29, 0.717) is 12.2 Å². The number of carbonyl (C=O) groups excluding carboxylic acids is 1. The molecule has 2 aromatic rings. The first-order chi connectivity index (χ1) is 12.1. The van der Waals surface area contributed by atoms with Gasteiger partial charge in [0, 0.05) is 30.9 Å². The number of hydrogen-bond donors (Lipinski definition) is 1. The lowest BCUT2D eigenvalue weighted by Crippen LogP contribution is -2.33. The summed E-state index contributed by atoms with van der Waals surface area (Å²) in [5, 5.41) is 6.96. The van der Waals surface area contributed by atoms with E-state index in [1.807, 2.05) is 25.2 Å². The number of hydrogen-bond acceptors (Lipinski definition) is 5. The van der Waals surface area contributed by atoms with Crippen LogP contribution in [0.4, 0.5) is 5.69 Å². The molecule has 0 aliphatic carbocycles. The average molecular weight is 344 g/mol. The van der Waals surface area contributed by atoms with Crippen molar-refractivity contribution in [3.8, 4) is 11.5 Å². The first-order valence-electron chi connectivity index (χ1n) is 8.35. The number of likely N-dealkylation sites (tertiary alicyclic amines) is 1. The van der Waals surface area contributed by atoms with E-state index in [2.05, 4.69) is 15.3 Å². The van der Waals surface area contributed by atoms with Crippen LogP contribution in [-0.4, -0.2) is 47.9 Å². The van der Waals surface area contributed by atoms with Crippen molar-refractivity contribution < 1.29 is 14.3 Å². The molecule has 1 saturated heterocycles. The van der Waals surface area contributed by atoms with Gasteiger partial charge in [0.15, 0.2) is 0 Å². The second-order valence-corrected chi connectivity index (χ2v) is 6.19. The summed E-state index contributed by atoms with van der Waals surface area (Å²) in [4.78, 5) is 14.6. The van der Waals surface area contributed by atoms with Crippen LogP contribution in [0, 0.1) is 0 Å². The molecule has 0 bridgehead atoms. The summed E-state index contributed by atoms with van der Waals surface area (Å²) in [6.07, 6.45) is 5.49. The number of rotatable bonds is 6. The largest absolute Gasteiger partial charge is 0.497 e. The zero-order valence-electron chi connectivity index (χ0n) is 14.9. The Balaban J connectivity index is 1.71. The van der Waals surface area contributed by atoms with E-state index in [9.17, 15) is 4.79 Å². The van der Waals surface area contributed by atoms with E-state index in [0.717, 1.165) is 36.4 Å². The molecule has 134 valence electrons. The summed E-state index contributed by atoms with van der Waals surface area (Å²) in [6, 6.07) is 6.02. The highest BCUT2D eigenvalue weighted by Crippen LogP contribution is 2.38. The van der Waals surface area contributed by atoms with Gasteiger partial charge < -0.3 is 14.8 Å². The number of ether oxygens (including phenoxy) is 2. The second-order valence-electron chi connectivity index (χ2n) is 6.19. The Morgan fingerprint density at radius 3 is 2.88 bits per heavy atom. The SMILES string of the molecule is COc1ccc(C2CCCN2CC(=O)Nc2cnn(C)c2)c(OC)c1. The Hall–Kier alpha value is -2.54. The number of anilines is 1. The molecule has 0 radical (unpaired) electrons. The number of carbonyl (C=O) groups is 1. The molecule has 1 aliphatic rings. The van der Waals surface area contributed by atoms with Crippen molar-refractivity contribution in [1.29, 1.82) is 0 Å². The number of benzene rings is 1. The van der Waals surface area contributed by atoms with Crippen LogP contribution in [0.25, 0.3) is 0 Å². The van der Waals surface area contributed by atoms with Crippen molar-refractivity contribution in [2.45, 2.75) is 18.9 Å². The van der Waals surface area contributed by atoms with Gasteiger partial charge in [0.2, 0.25) is 5.91 Å². The molecule has 1 aliphatic heterocycles. The van der Waals surface area contributed by atoms with Crippen molar-refractivity contribution in [1.82, 2.24) is 14.7 Å². The topological polar surface area (TPSA) is 68.6 Å². The third-order valence-electron chi connectivity index (χ3n) is 4.50. The van der Waals surface area contributed by atoms with Crippen molar-refractivity contribution >= 4 is 11.6 Å². The fourth-order valence-corrected chi connectivity index (χ4v) is 3.33. The number of aryl methyl sites for hydroxylation is 1. The van der Waals surface area contributed by atoms with Crippen molar-refractivity contribution in [3.05, 3.63) is 36.2 Å². The normalized spacial score (nSPS) is 17.5. The third-order valence-corrected chi connectivity index (χ3v) is 4.50. The van der Waals surface area contributed by atoms with E-state index in [1.54, 1.807) is 31.3 Å². The van der Waals surface area contributed by atoms with Crippen LogP contribution in [0.5, 0.6) is 11.5 Å². The summed E-state index contributed by atoms with van der Waals surface area (Å²) < 4.78 is 12.5. The molecule has 1 N–H and O–H groups in total. The van der Waals surface area contributed by atoms with Gasteiger partial charge in [0.05, 0.1) is 32.6 Å². The van der Waals surface area contributed by atoms with Crippen molar-refractivity contribution in [2.75, 3.05) is 32.6 Å². The van der Waals surface area contributed by atoms with Crippen LogP contribution in [-0.2, 0) is 11.8 Å². The second kappa shape index (κ2) is 7.57. The molecule has 3 rings (SSSR count). The molecule has 1 aromatic heterocycles. The zero-order chi connectivity index (χ0) is 17.8. The highest BCUT2D eigenvalue weighted by molar-refractivity contribution is 5.92. The van der Waals surface area contributed by atoms with Gasteiger partial charge in [-0.2, -0.15) is 5.10 Å². The summed E-state index contributed by atoms with van der Waals surface area (Å²) in [7, 11) is 5.12. The molecule has 0 spiro atoms. The molecule has 2 heterocycles. The fourth-order valence-electron chi connectivity index (χ4n) is 3.33. The maximum atomic E-state index is 12.4. The van der Waals surface area contributed by atoms with E-state index in [4.69, 9.17) is 9.47 Å². The molecule has 1 unspecified atom stereocenters. The lowest BCUT2D eigenvalue weighted by molar-refractivity contribution is -0.117. The van der Waals surface area contributed by atoms with E-state index >= 15 is 0 Å². The Bertz CT molecular complexity index is 744. The van der Waals surface area contributed by atoms with Crippen LogP contribution in [0.1, 0.15) is 24.4 Å². The molecule has 1 atom stereocenters. The van der Waals surface area contributed by atoms with E-state index in [1.165, 1.54) is 0 Å². The average Bonchev–Trinajstić information content (AvgIpc) is 3.23. The smallest absolute Gasteiger partial charge is 0.238 e. The van der Waals surface area contributed by atoms with Gasteiger partial charge in [-0.15, -0.1) is 0 Å². The predicted octanol–water partition coefficient (Wildman–Crippen LogP) is 2.21. The lowest BCUT2D eigenvalue weighted by Gasteiger charge is -2.25. The quantitative estimate of drug-likeness (QED) is 0.870. The van der Waals surface area contributed by atoms with Crippen LogP contribution >= 0.6 is 0 Å². The summed E-state index contributed by atoms with van der Waals surface area (Å²) in [5.41, 5.74) is 1.81. The highest BCUT2D eigenvalue weighted by atomic mass is 16.5. The van der Waals surface area contributed by atoms with Gasteiger partial charge in [-0.05, 0) is 25.5 Å².